The van der Waals surface area contributed by atoms with Crippen molar-refractivity contribution in [3.63, 3.8) is 0 Å². The third-order valence-corrected chi connectivity index (χ3v) is 3.90. The number of hydrogen-bond donors (Lipinski definition) is 2. The fraction of sp³-hybridized carbons (Fsp3) is 0.500. The summed E-state index contributed by atoms with van der Waals surface area (Å²) in [5.41, 5.74) is -0.836. The van der Waals surface area contributed by atoms with Gasteiger partial charge >= 0.3 is 5.97 Å². The second kappa shape index (κ2) is 5.69. The number of nitrogens with zero attached hydrogens (tertiary/aromatic N) is 2. The first-order chi connectivity index (χ1) is 9.82. The molecule has 0 unspecified atom stereocenters. The molecule has 2 N–H and O–H groups in total. The van der Waals surface area contributed by atoms with Crippen LogP contribution in [0.3, 0.4) is 0 Å². The molecule has 0 bridgehead atoms. The standard InChI is InChI=1S/C14H18N2O5/c1-15(9-14(19)6-2-3-7-14)12-5-4-10(16(20)21)8-11(12)13(17)18/h4-5,8,19H,2-3,6-7,9H2,1H3,(H,17,18). The number of anilines is 1. The molecule has 1 saturated carbocycles. The molecule has 114 valence electrons. The average molecular weight is 294 g/mol. The van der Waals surface area contributed by atoms with Crippen LogP contribution in [0.15, 0.2) is 18.2 Å². The Labute approximate surface area is 122 Å². The molecule has 21 heavy (non-hydrogen) atoms. The van der Waals surface area contributed by atoms with Gasteiger partial charge in [-0.25, -0.2) is 4.79 Å². The van der Waals surface area contributed by atoms with Crippen LogP contribution in [-0.4, -0.2) is 40.3 Å². The van der Waals surface area contributed by atoms with Gasteiger partial charge in [0.05, 0.1) is 21.8 Å². The number of nitro groups is 1. The van der Waals surface area contributed by atoms with E-state index in [1.165, 1.54) is 12.1 Å². The molecule has 0 atom stereocenters. The fourth-order valence-corrected chi connectivity index (χ4v) is 2.86. The summed E-state index contributed by atoms with van der Waals surface area (Å²) >= 11 is 0. The minimum absolute atomic E-state index is 0.131. The lowest BCUT2D eigenvalue weighted by atomic mass is 10.0. The van der Waals surface area contributed by atoms with Crippen molar-refractivity contribution in [1.29, 1.82) is 0 Å². The Morgan fingerprint density at radius 3 is 2.57 bits per heavy atom. The molecule has 1 aliphatic rings. The molecule has 0 aromatic heterocycles. The van der Waals surface area contributed by atoms with Crippen LogP contribution in [0.2, 0.25) is 0 Å². The van der Waals surface area contributed by atoms with Gasteiger partial charge in [0.2, 0.25) is 0 Å². The fourth-order valence-electron chi connectivity index (χ4n) is 2.86. The highest BCUT2D eigenvalue weighted by Crippen LogP contribution is 2.32. The summed E-state index contributed by atoms with van der Waals surface area (Å²) in [4.78, 5) is 23.1. The third kappa shape index (κ3) is 3.30. The first-order valence-electron chi connectivity index (χ1n) is 6.78. The molecular weight excluding hydrogens is 276 g/mol. The SMILES string of the molecule is CN(CC1(O)CCCC1)c1ccc([N+](=O)[O-])cc1C(=O)O. The Bertz CT molecular complexity index is 566. The second-order valence-electron chi connectivity index (χ2n) is 5.55. The lowest BCUT2D eigenvalue weighted by Crippen LogP contribution is -2.39. The second-order valence-corrected chi connectivity index (χ2v) is 5.55. The van der Waals surface area contributed by atoms with Gasteiger partial charge in [0, 0.05) is 25.7 Å². The molecule has 0 heterocycles. The van der Waals surface area contributed by atoms with E-state index < -0.39 is 16.5 Å². The van der Waals surface area contributed by atoms with Crippen LogP contribution in [0.4, 0.5) is 11.4 Å². The zero-order valence-corrected chi connectivity index (χ0v) is 11.8. The van der Waals surface area contributed by atoms with Crippen molar-refractivity contribution in [3.8, 4) is 0 Å². The van der Waals surface area contributed by atoms with E-state index in [0.29, 0.717) is 25.1 Å². The normalized spacial score (nSPS) is 16.7. The van der Waals surface area contributed by atoms with Crippen LogP contribution in [0.1, 0.15) is 36.0 Å². The van der Waals surface area contributed by atoms with E-state index in [9.17, 15) is 25.1 Å². The minimum atomic E-state index is -1.22. The first-order valence-corrected chi connectivity index (χ1v) is 6.78. The Balaban J connectivity index is 2.29. The Kier molecular flexibility index (Phi) is 4.13. The van der Waals surface area contributed by atoms with Gasteiger partial charge in [-0.2, -0.15) is 0 Å². The zero-order chi connectivity index (χ0) is 15.6. The predicted molar refractivity (Wildman–Crippen MR) is 76.7 cm³/mol. The summed E-state index contributed by atoms with van der Waals surface area (Å²) < 4.78 is 0. The molecule has 1 aromatic rings. The van der Waals surface area contributed by atoms with Gasteiger partial charge < -0.3 is 15.1 Å². The van der Waals surface area contributed by atoms with Crippen molar-refractivity contribution in [2.24, 2.45) is 0 Å². The largest absolute Gasteiger partial charge is 0.478 e. The minimum Gasteiger partial charge on any atom is -0.478 e. The van der Waals surface area contributed by atoms with E-state index in [4.69, 9.17) is 0 Å². The third-order valence-electron chi connectivity index (χ3n) is 3.90. The molecule has 2 rings (SSSR count). The molecule has 0 radical (unpaired) electrons. The summed E-state index contributed by atoms with van der Waals surface area (Å²) in [7, 11) is 1.68. The highest BCUT2D eigenvalue weighted by molar-refractivity contribution is 5.95. The van der Waals surface area contributed by atoms with Crippen LogP contribution in [0.25, 0.3) is 0 Å². The van der Waals surface area contributed by atoms with Gasteiger partial charge in [0.25, 0.3) is 5.69 Å². The zero-order valence-electron chi connectivity index (χ0n) is 11.8. The van der Waals surface area contributed by atoms with E-state index in [-0.39, 0.29) is 11.3 Å². The lowest BCUT2D eigenvalue weighted by Gasteiger charge is -2.30. The first kappa shape index (κ1) is 15.2. The maximum absolute atomic E-state index is 11.3. The highest BCUT2D eigenvalue weighted by Gasteiger charge is 2.33. The van der Waals surface area contributed by atoms with Crippen LogP contribution in [-0.2, 0) is 0 Å². The highest BCUT2D eigenvalue weighted by atomic mass is 16.6. The molecule has 1 aromatic carbocycles. The van der Waals surface area contributed by atoms with Crippen LogP contribution in [0, 0.1) is 10.1 Å². The van der Waals surface area contributed by atoms with Crippen molar-refractivity contribution < 1.29 is 19.9 Å². The molecule has 0 spiro atoms. The summed E-state index contributed by atoms with van der Waals surface area (Å²) in [5, 5.41) is 30.4. The summed E-state index contributed by atoms with van der Waals surface area (Å²) in [6.45, 7) is 0.311. The van der Waals surface area contributed by atoms with E-state index >= 15 is 0 Å². The lowest BCUT2D eigenvalue weighted by molar-refractivity contribution is -0.384. The number of carboxylic acid groups (broad SMARTS) is 1. The van der Waals surface area contributed by atoms with Crippen molar-refractivity contribution in [3.05, 3.63) is 33.9 Å². The topological polar surface area (TPSA) is 104 Å². The van der Waals surface area contributed by atoms with Crippen LogP contribution < -0.4 is 4.90 Å². The molecule has 0 saturated heterocycles. The number of aliphatic hydroxyl groups is 1. The molecule has 1 fully saturated rings. The number of rotatable bonds is 5. The number of likely N-dealkylation sites (N-methyl/N-ethyl adjacent to an activating group) is 1. The van der Waals surface area contributed by atoms with Crippen LogP contribution in [0.5, 0.6) is 0 Å². The molecule has 0 aliphatic heterocycles. The number of aromatic carboxylic acids is 1. The number of carboxylic acids is 1. The van der Waals surface area contributed by atoms with E-state index in [1.807, 2.05) is 0 Å². The summed E-state index contributed by atoms with van der Waals surface area (Å²) in [6.07, 6.45) is 3.28. The number of benzene rings is 1. The molecule has 1 aliphatic carbocycles. The van der Waals surface area contributed by atoms with E-state index in [0.717, 1.165) is 18.9 Å². The molecule has 0 amide bonds. The van der Waals surface area contributed by atoms with Gasteiger partial charge in [0.1, 0.15) is 0 Å². The maximum atomic E-state index is 11.3. The van der Waals surface area contributed by atoms with Crippen LogP contribution >= 0.6 is 0 Å². The predicted octanol–water partition coefficient (Wildman–Crippen LogP) is 2.03. The van der Waals surface area contributed by atoms with Gasteiger partial charge in [-0.1, -0.05) is 12.8 Å². The quantitative estimate of drug-likeness (QED) is 0.636. The number of carbonyl (C=O) groups is 1. The van der Waals surface area contributed by atoms with Crippen molar-refractivity contribution in [2.45, 2.75) is 31.3 Å². The Hall–Kier alpha value is -2.15. The Morgan fingerprint density at radius 2 is 2.05 bits per heavy atom. The van der Waals surface area contributed by atoms with Gasteiger partial charge in [0.15, 0.2) is 0 Å². The van der Waals surface area contributed by atoms with Gasteiger partial charge in [-0.3, -0.25) is 10.1 Å². The summed E-state index contributed by atoms with van der Waals surface area (Å²) in [5.74, 6) is -1.22. The Morgan fingerprint density at radius 1 is 1.43 bits per heavy atom. The molecule has 7 nitrogen and oxygen atoms in total. The number of hydrogen-bond acceptors (Lipinski definition) is 5. The van der Waals surface area contributed by atoms with Crippen molar-refractivity contribution in [2.75, 3.05) is 18.5 Å². The maximum Gasteiger partial charge on any atom is 0.338 e. The molecular formula is C14H18N2O5. The van der Waals surface area contributed by atoms with Gasteiger partial charge in [-0.15, -0.1) is 0 Å². The van der Waals surface area contributed by atoms with Gasteiger partial charge in [-0.05, 0) is 18.9 Å². The van der Waals surface area contributed by atoms with E-state index in [2.05, 4.69) is 0 Å². The average Bonchev–Trinajstić information content (AvgIpc) is 2.84. The monoisotopic (exact) mass is 294 g/mol. The van der Waals surface area contributed by atoms with E-state index in [1.54, 1.807) is 11.9 Å². The summed E-state index contributed by atoms with van der Waals surface area (Å²) in [6, 6.07) is 3.74. The van der Waals surface area contributed by atoms with Crippen molar-refractivity contribution in [1.82, 2.24) is 0 Å². The van der Waals surface area contributed by atoms with Crippen molar-refractivity contribution >= 4 is 17.3 Å². The molecule has 7 heteroatoms. The number of nitro benzene ring substituents is 1. The smallest absolute Gasteiger partial charge is 0.338 e. The number of non-ortho nitro benzene ring substituents is 1.